The van der Waals surface area contributed by atoms with Gasteiger partial charge in [-0.05, 0) is 107 Å². The van der Waals surface area contributed by atoms with Crippen LogP contribution in [0.4, 0.5) is 0 Å². The Bertz CT molecular complexity index is 2850. The maximum absolute atomic E-state index is 10.1. The fraction of sp³-hybridized carbons (Fsp3) is 0. The molecule has 5 heteroatoms. The number of nitriles is 3. The van der Waals surface area contributed by atoms with Gasteiger partial charge in [0, 0.05) is 32.9 Å². The molecule has 2 aromatic heterocycles. The summed E-state index contributed by atoms with van der Waals surface area (Å²) < 4.78 is 4.50. The Balaban J connectivity index is 1.33. The first-order valence-electron chi connectivity index (χ1n) is 16.3. The summed E-state index contributed by atoms with van der Waals surface area (Å²) in [6.45, 7) is 0. The Kier molecular flexibility index (Phi) is 6.56. The molecule has 0 amide bonds. The van der Waals surface area contributed by atoms with Crippen molar-refractivity contribution in [2.75, 3.05) is 0 Å². The predicted octanol–water partition coefficient (Wildman–Crippen LogP) is 10.8. The lowest BCUT2D eigenvalue weighted by molar-refractivity contribution is 1.17. The molecule has 0 atom stereocenters. The normalized spacial score (nSPS) is 11.1. The highest BCUT2D eigenvalue weighted by Crippen LogP contribution is 2.39. The zero-order valence-electron chi connectivity index (χ0n) is 26.7. The number of hydrogen-bond acceptors (Lipinski definition) is 3. The van der Waals surface area contributed by atoms with Gasteiger partial charge in [0.15, 0.2) is 0 Å². The van der Waals surface area contributed by atoms with E-state index in [0.29, 0.717) is 16.7 Å². The van der Waals surface area contributed by atoms with Gasteiger partial charge in [-0.25, -0.2) is 0 Å². The first-order chi connectivity index (χ1) is 24.6. The first kappa shape index (κ1) is 28.8. The monoisotopic (exact) mass is 635 g/mol. The van der Waals surface area contributed by atoms with Gasteiger partial charge in [0.25, 0.3) is 0 Å². The number of benzene rings is 7. The molecule has 230 valence electrons. The molecule has 5 nitrogen and oxygen atoms in total. The Labute approximate surface area is 287 Å². The van der Waals surface area contributed by atoms with E-state index in [1.54, 1.807) is 0 Å². The Morgan fingerprint density at radius 3 is 1.54 bits per heavy atom. The van der Waals surface area contributed by atoms with Crippen molar-refractivity contribution in [3.63, 3.8) is 0 Å². The first-order valence-corrected chi connectivity index (χ1v) is 16.3. The topological polar surface area (TPSA) is 81.2 Å². The van der Waals surface area contributed by atoms with Gasteiger partial charge >= 0.3 is 0 Å². The van der Waals surface area contributed by atoms with Crippen molar-refractivity contribution in [3.8, 4) is 51.8 Å². The third-order valence-electron chi connectivity index (χ3n) is 9.58. The third kappa shape index (κ3) is 4.45. The molecular weight excluding hydrogens is 611 g/mol. The maximum Gasteiger partial charge on any atom is 0.0998 e. The van der Waals surface area contributed by atoms with E-state index in [1.165, 1.54) is 10.8 Å². The van der Waals surface area contributed by atoms with Gasteiger partial charge < -0.3 is 9.13 Å². The molecule has 50 heavy (non-hydrogen) atoms. The molecule has 9 aromatic rings. The molecular formula is C45H25N5. The van der Waals surface area contributed by atoms with Gasteiger partial charge in [-0.3, -0.25) is 0 Å². The maximum atomic E-state index is 10.1. The molecule has 9 rings (SSSR count). The second-order valence-electron chi connectivity index (χ2n) is 12.4. The van der Waals surface area contributed by atoms with E-state index in [4.69, 9.17) is 0 Å². The van der Waals surface area contributed by atoms with E-state index in [0.717, 1.165) is 66.5 Å². The number of rotatable bonds is 4. The van der Waals surface area contributed by atoms with Crippen LogP contribution < -0.4 is 0 Å². The Morgan fingerprint density at radius 1 is 0.360 bits per heavy atom. The fourth-order valence-corrected chi connectivity index (χ4v) is 7.36. The van der Waals surface area contributed by atoms with Crippen LogP contribution in [0, 0.1) is 34.0 Å². The third-order valence-corrected chi connectivity index (χ3v) is 9.58. The summed E-state index contributed by atoms with van der Waals surface area (Å²) in [4.78, 5) is 0. The minimum absolute atomic E-state index is 0.554. The highest BCUT2D eigenvalue weighted by atomic mass is 15.0. The summed E-state index contributed by atoms with van der Waals surface area (Å²) in [5.41, 5.74) is 11.6. The summed E-state index contributed by atoms with van der Waals surface area (Å²) in [5, 5.41) is 33.8. The van der Waals surface area contributed by atoms with Crippen LogP contribution in [0.2, 0.25) is 0 Å². The predicted molar refractivity (Wildman–Crippen MR) is 200 cm³/mol. The molecule has 7 aromatic carbocycles. The number of aromatic nitrogens is 2. The SMILES string of the molecule is N#Cc1ccc2c(c1)c1cc(C#N)ccc1n2-c1cc(-c2cccc(-n3c4ccccc4c4ccccc43)c2)cc(-c2ccccc2C#N)c1. The molecule has 0 spiro atoms. The second-order valence-corrected chi connectivity index (χ2v) is 12.4. The van der Waals surface area contributed by atoms with E-state index in [-0.39, 0.29) is 0 Å². The van der Waals surface area contributed by atoms with Crippen LogP contribution in [0.15, 0.2) is 152 Å². The van der Waals surface area contributed by atoms with E-state index in [2.05, 4.69) is 118 Å². The summed E-state index contributed by atoms with van der Waals surface area (Å²) in [6, 6.07) is 58.0. The van der Waals surface area contributed by atoms with Gasteiger partial charge in [-0.1, -0.05) is 66.7 Å². The van der Waals surface area contributed by atoms with E-state index >= 15 is 0 Å². The summed E-state index contributed by atoms with van der Waals surface area (Å²) in [5.74, 6) is 0. The van der Waals surface area contributed by atoms with Crippen molar-refractivity contribution in [1.82, 2.24) is 9.13 Å². The summed E-state index contributed by atoms with van der Waals surface area (Å²) in [7, 11) is 0. The standard InChI is InChI=1S/C45H25N5/c46-26-29-16-18-44-40(20-29)41-21-30(27-47)17-19-45(41)50(44)36-24-33(22-34(25-36)37-11-2-1-8-32(37)28-48)31-9-7-10-35(23-31)49-42-14-5-3-12-38(42)39-13-4-6-15-43(39)49/h1-25H. The Morgan fingerprint density at radius 2 is 0.900 bits per heavy atom. The van der Waals surface area contributed by atoms with Gasteiger partial charge in [0.05, 0.1) is 57.0 Å². The second kappa shape index (κ2) is 11.4. The minimum atomic E-state index is 0.554. The van der Waals surface area contributed by atoms with Crippen molar-refractivity contribution in [2.24, 2.45) is 0 Å². The van der Waals surface area contributed by atoms with Crippen LogP contribution in [0.25, 0.3) is 77.2 Å². The molecule has 0 aliphatic rings. The van der Waals surface area contributed by atoms with Crippen molar-refractivity contribution in [1.29, 1.82) is 15.8 Å². The van der Waals surface area contributed by atoms with Crippen LogP contribution in [0.5, 0.6) is 0 Å². The number of fused-ring (bicyclic) bond motifs is 6. The lowest BCUT2D eigenvalue weighted by Gasteiger charge is -2.16. The zero-order chi connectivity index (χ0) is 33.8. The molecule has 2 heterocycles. The number of para-hydroxylation sites is 2. The highest BCUT2D eigenvalue weighted by Gasteiger charge is 2.18. The van der Waals surface area contributed by atoms with Crippen molar-refractivity contribution in [3.05, 3.63) is 168 Å². The van der Waals surface area contributed by atoms with Gasteiger partial charge in [-0.2, -0.15) is 15.8 Å². The molecule has 0 aliphatic heterocycles. The van der Waals surface area contributed by atoms with Crippen LogP contribution in [0.1, 0.15) is 16.7 Å². The van der Waals surface area contributed by atoms with E-state index < -0.39 is 0 Å². The average Bonchev–Trinajstić information content (AvgIpc) is 3.70. The summed E-state index contributed by atoms with van der Waals surface area (Å²) in [6.07, 6.45) is 0. The van der Waals surface area contributed by atoms with Crippen molar-refractivity contribution < 1.29 is 0 Å². The molecule has 0 N–H and O–H groups in total. The van der Waals surface area contributed by atoms with Gasteiger partial charge in [-0.15, -0.1) is 0 Å². The lowest BCUT2D eigenvalue weighted by atomic mass is 9.95. The molecule has 0 saturated carbocycles. The highest BCUT2D eigenvalue weighted by molar-refractivity contribution is 6.11. The fourth-order valence-electron chi connectivity index (χ4n) is 7.36. The van der Waals surface area contributed by atoms with E-state index in [1.807, 2.05) is 60.7 Å². The van der Waals surface area contributed by atoms with E-state index in [9.17, 15) is 15.8 Å². The van der Waals surface area contributed by atoms with Gasteiger partial charge in [0.1, 0.15) is 0 Å². The summed E-state index contributed by atoms with van der Waals surface area (Å²) >= 11 is 0. The number of hydrogen-bond donors (Lipinski definition) is 0. The van der Waals surface area contributed by atoms with Gasteiger partial charge in [0.2, 0.25) is 0 Å². The largest absolute Gasteiger partial charge is 0.309 e. The van der Waals surface area contributed by atoms with Crippen LogP contribution in [-0.2, 0) is 0 Å². The quantitative estimate of drug-likeness (QED) is 0.193. The molecule has 0 unspecified atom stereocenters. The van der Waals surface area contributed by atoms with Crippen LogP contribution >= 0.6 is 0 Å². The number of nitrogens with zero attached hydrogens (tertiary/aromatic N) is 5. The van der Waals surface area contributed by atoms with Crippen molar-refractivity contribution >= 4 is 43.6 Å². The minimum Gasteiger partial charge on any atom is -0.309 e. The molecule has 0 bridgehead atoms. The molecule has 0 radical (unpaired) electrons. The molecule has 0 fully saturated rings. The van der Waals surface area contributed by atoms with Crippen LogP contribution in [-0.4, -0.2) is 9.13 Å². The van der Waals surface area contributed by atoms with Crippen molar-refractivity contribution in [2.45, 2.75) is 0 Å². The smallest absolute Gasteiger partial charge is 0.0998 e. The van der Waals surface area contributed by atoms with Crippen LogP contribution in [0.3, 0.4) is 0 Å². The molecule has 0 aliphatic carbocycles. The zero-order valence-corrected chi connectivity index (χ0v) is 26.7. The molecule has 0 saturated heterocycles. The lowest BCUT2D eigenvalue weighted by Crippen LogP contribution is -1.97. The Hall–Kier alpha value is -7.39. The average molecular weight is 636 g/mol.